The Morgan fingerprint density at radius 2 is 1.95 bits per heavy atom. The van der Waals surface area contributed by atoms with Gasteiger partial charge in [0.15, 0.2) is 5.82 Å². The monoisotopic (exact) mass is 569 g/mol. The van der Waals surface area contributed by atoms with Gasteiger partial charge in [-0.05, 0) is 62.8 Å². The van der Waals surface area contributed by atoms with Gasteiger partial charge >= 0.3 is 0 Å². The third-order valence-corrected chi connectivity index (χ3v) is 6.46. The van der Waals surface area contributed by atoms with Crippen molar-refractivity contribution in [2.45, 2.75) is 46.6 Å². The second-order valence-electron chi connectivity index (χ2n) is 9.61. The highest BCUT2D eigenvalue weighted by atomic mass is 35.5. The quantitative estimate of drug-likeness (QED) is 0.229. The van der Waals surface area contributed by atoms with E-state index in [0.29, 0.717) is 23.2 Å². The molecule has 0 radical (unpaired) electrons. The van der Waals surface area contributed by atoms with Gasteiger partial charge in [0.05, 0.1) is 29.1 Å². The number of hydrogen-bond donors (Lipinski definition) is 2. The summed E-state index contributed by atoms with van der Waals surface area (Å²) in [5.74, 6) is 1.37. The van der Waals surface area contributed by atoms with Crippen molar-refractivity contribution in [1.29, 1.82) is 0 Å². The number of ether oxygens (including phenoxy) is 1. The van der Waals surface area contributed by atoms with Crippen LogP contribution in [0.1, 0.15) is 51.3 Å². The number of benzene rings is 1. The fourth-order valence-electron chi connectivity index (χ4n) is 4.04. The van der Waals surface area contributed by atoms with Crippen LogP contribution < -0.4 is 20.3 Å². The minimum Gasteiger partial charge on any atom is -0.486 e. The zero-order valence-electron chi connectivity index (χ0n) is 24.7. The molecule has 10 heteroatoms. The lowest BCUT2D eigenvalue weighted by atomic mass is 10.0. The molecule has 0 bridgehead atoms. The van der Waals surface area contributed by atoms with Gasteiger partial charge in [-0.25, -0.2) is 0 Å². The number of nitrogens with one attached hydrogen (secondary N) is 2. The fraction of sp³-hybridized carbons (Fsp3) is 0.467. The zero-order chi connectivity index (χ0) is 29.3. The van der Waals surface area contributed by atoms with Crippen molar-refractivity contribution < 1.29 is 9.53 Å². The molecule has 2 N–H and O–H groups in total. The molecule has 0 atom stereocenters. The molecule has 0 saturated carbocycles. The van der Waals surface area contributed by atoms with Gasteiger partial charge in [0.1, 0.15) is 18.6 Å². The van der Waals surface area contributed by atoms with Crippen LogP contribution in [0, 0.1) is 0 Å². The molecular weight excluding hydrogens is 526 g/mol. The molecule has 0 saturated heterocycles. The van der Waals surface area contributed by atoms with Crippen molar-refractivity contribution in [3.05, 3.63) is 65.1 Å². The lowest BCUT2D eigenvalue weighted by Crippen LogP contribution is -2.31. The fourth-order valence-corrected chi connectivity index (χ4v) is 4.28. The van der Waals surface area contributed by atoms with Crippen molar-refractivity contribution in [2.75, 3.05) is 57.0 Å². The van der Waals surface area contributed by atoms with Crippen LogP contribution in [0.3, 0.4) is 0 Å². The second-order valence-corrected chi connectivity index (χ2v) is 10.0. The number of pyridine rings is 1. The minimum atomic E-state index is 0.170. The maximum absolute atomic E-state index is 10.9. The number of aromatic nitrogens is 3. The number of halogens is 1. The van der Waals surface area contributed by atoms with Crippen molar-refractivity contribution in [2.24, 2.45) is 0 Å². The summed E-state index contributed by atoms with van der Waals surface area (Å²) >= 11 is 6.42. The van der Waals surface area contributed by atoms with E-state index >= 15 is 0 Å². The average molecular weight is 570 g/mol. The lowest BCUT2D eigenvalue weighted by molar-refractivity contribution is -0.106. The summed E-state index contributed by atoms with van der Waals surface area (Å²) in [4.78, 5) is 19.5. The Kier molecular flexibility index (Phi) is 14.9. The molecule has 0 aliphatic carbocycles. The normalized spacial score (nSPS) is 10.7. The van der Waals surface area contributed by atoms with Crippen molar-refractivity contribution in [3.63, 3.8) is 0 Å². The molecule has 0 aliphatic rings. The predicted octanol–water partition coefficient (Wildman–Crippen LogP) is 5.54. The summed E-state index contributed by atoms with van der Waals surface area (Å²) in [6, 6.07) is 11.1. The largest absolute Gasteiger partial charge is 0.486 e. The maximum Gasteiger partial charge on any atom is 0.158 e. The molecule has 0 fully saturated rings. The number of nitrogens with zero attached hydrogens (tertiary/aromatic N) is 5. The third kappa shape index (κ3) is 10.7. The van der Waals surface area contributed by atoms with Crippen LogP contribution in [0.25, 0.3) is 0 Å². The molecule has 0 amide bonds. The third-order valence-electron chi connectivity index (χ3n) is 6.17. The number of carbonyl (C=O) groups excluding carboxylic acids is 1. The highest BCUT2D eigenvalue weighted by Crippen LogP contribution is 2.34. The van der Waals surface area contributed by atoms with Gasteiger partial charge in [0.2, 0.25) is 0 Å². The number of anilines is 3. The lowest BCUT2D eigenvalue weighted by Gasteiger charge is -2.23. The van der Waals surface area contributed by atoms with Crippen molar-refractivity contribution in [3.8, 4) is 5.75 Å². The summed E-state index contributed by atoms with van der Waals surface area (Å²) < 4.78 is 5.78. The molecule has 2 aromatic heterocycles. The smallest absolute Gasteiger partial charge is 0.158 e. The molecule has 0 aliphatic heterocycles. The average Bonchev–Trinajstić information content (AvgIpc) is 2.95. The first kappa shape index (κ1) is 32.9. The SMILES string of the molecule is CC(C)c1c(N(C)CC=O)cnnc1Nc1ccc(OCc2ccccn2)c(Cl)c1.CCCN(CC)CCNC. The molecule has 2 heterocycles. The van der Waals surface area contributed by atoms with E-state index in [1.54, 1.807) is 24.5 Å². The molecule has 3 rings (SSSR count). The molecule has 218 valence electrons. The van der Waals surface area contributed by atoms with E-state index in [1.165, 1.54) is 26.1 Å². The predicted molar refractivity (Wildman–Crippen MR) is 165 cm³/mol. The van der Waals surface area contributed by atoms with Gasteiger partial charge in [-0.1, -0.05) is 45.4 Å². The Morgan fingerprint density at radius 3 is 2.55 bits per heavy atom. The van der Waals surface area contributed by atoms with E-state index in [1.807, 2.05) is 43.3 Å². The summed E-state index contributed by atoms with van der Waals surface area (Å²) in [7, 11) is 3.85. The molecule has 3 aromatic rings. The number of rotatable bonds is 15. The van der Waals surface area contributed by atoms with Gasteiger partial charge in [-0.2, -0.15) is 5.10 Å². The Hall–Kier alpha value is -3.27. The van der Waals surface area contributed by atoms with E-state index in [4.69, 9.17) is 16.3 Å². The highest BCUT2D eigenvalue weighted by molar-refractivity contribution is 6.32. The maximum atomic E-state index is 10.9. The van der Waals surface area contributed by atoms with Crippen LogP contribution in [-0.4, -0.2) is 73.2 Å². The first-order valence-corrected chi connectivity index (χ1v) is 14.2. The summed E-state index contributed by atoms with van der Waals surface area (Å²) in [6.07, 6.45) is 5.52. The van der Waals surface area contributed by atoms with Crippen molar-refractivity contribution >= 4 is 35.1 Å². The molecule has 40 heavy (non-hydrogen) atoms. The first-order valence-electron chi connectivity index (χ1n) is 13.8. The number of aldehydes is 1. The summed E-state index contributed by atoms with van der Waals surface area (Å²) in [6.45, 7) is 13.9. The van der Waals surface area contributed by atoms with Crippen LogP contribution >= 0.6 is 11.6 Å². The second kappa shape index (κ2) is 18.1. The topological polar surface area (TPSA) is 95.5 Å². The van der Waals surface area contributed by atoms with E-state index in [-0.39, 0.29) is 12.5 Å². The molecule has 9 nitrogen and oxygen atoms in total. The Bertz CT molecular complexity index is 1150. The van der Waals surface area contributed by atoms with Gasteiger partial charge < -0.3 is 30.0 Å². The van der Waals surface area contributed by atoms with Gasteiger partial charge in [-0.3, -0.25) is 4.98 Å². The summed E-state index contributed by atoms with van der Waals surface area (Å²) in [5, 5.41) is 15.3. The first-order chi connectivity index (χ1) is 19.3. The number of hydrogen-bond acceptors (Lipinski definition) is 9. The minimum absolute atomic E-state index is 0.170. The van der Waals surface area contributed by atoms with Crippen molar-refractivity contribution in [1.82, 2.24) is 25.4 Å². The van der Waals surface area contributed by atoms with E-state index in [0.717, 1.165) is 35.5 Å². The van der Waals surface area contributed by atoms with Crippen LogP contribution in [0.15, 0.2) is 48.8 Å². The molecular formula is C30H44ClN7O2. The zero-order valence-corrected chi connectivity index (χ0v) is 25.4. The molecule has 1 aromatic carbocycles. The molecule has 0 unspecified atom stereocenters. The summed E-state index contributed by atoms with van der Waals surface area (Å²) in [5.41, 5.74) is 3.41. The van der Waals surface area contributed by atoms with Crippen LogP contribution in [0.5, 0.6) is 5.75 Å². The van der Waals surface area contributed by atoms with Crippen LogP contribution in [0.2, 0.25) is 5.02 Å². The van der Waals surface area contributed by atoms with Gasteiger partial charge in [-0.15, -0.1) is 5.10 Å². The Balaban J connectivity index is 0.000000478. The van der Waals surface area contributed by atoms with E-state index < -0.39 is 0 Å². The Labute approximate surface area is 244 Å². The van der Waals surface area contributed by atoms with E-state index in [2.05, 4.69) is 58.4 Å². The van der Waals surface area contributed by atoms with Crippen LogP contribution in [0.4, 0.5) is 17.2 Å². The highest BCUT2D eigenvalue weighted by Gasteiger charge is 2.18. The Morgan fingerprint density at radius 1 is 1.15 bits per heavy atom. The standard InChI is InChI=1S/C22H24ClN5O2.C8H20N2/c1-15(2)21-19(28(3)10-11-29)13-25-27-22(21)26-16-7-8-20(18(23)12-16)30-14-17-6-4-5-9-24-17;1-4-7-10(5-2)8-6-9-3/h4-9,11-13,15H,10,14H2,1-3H3,(H,26,27);9H,4-8H2,1-3H3. The van der Waals surface area contributed by atoms with Crippen LogP contribution in [-0.2, 0) is 11.4 Å². The van der Waals surface area contributed by atoms with Gasteiger partial charge in [0, 0.05) is 37.6 Å². The number of likely N-dealkylation sites (N-methyl/N-ethyl adjacent to an activating group) is 3. The number of carbonyl (C=O) groups is 1. The molecule has 0 spiro atoms. The van der Waals surface area contributed by atoms with Gasteiger partial charge in [0.25, 0.3) is 0 Å². The van der Waals surface area contributed by atoms with E-state index in [9.17, 15) is 4.79 Å².